The number of nitrogens with zero attached hydrogens (tertiary/aromatic N) is 10. The van der Waals surface area contributed by atoms with Crippen LogP contribution in [0.1, 0.15) is 0 Å². The SMILES string of the molecule is c1ccc(-c2cc(-c3ccccc3)cc(-n3c4ccccc4c4cc(-c5ccc6c(c5)c5ccccc5n6-c5ccc(-c6nc(-c7ccccc7)nc(-c7ccccc7)n6)cc5)ccc43)c2)cc1.c1ccc(-c2cccc(-n3c4ccccc4c4cc(-c5ccc6c(c5)c5ccccc5n6-c5ccc(-c6nc(-c7ccccc7)nc(-c7ccccc7)n6)cc5)ccc43)c2)cc1. The molecular weight excluding hydrogens is 1580 g/mol. The van der Waals surface area contributed by atoms with E-state index in [-0.39, 0.29) is 0 Å². The largest absolute Gasteiger partial charge is 0.309 e. The van der Waals surface area contributed by atoms with Crippen molar-refractivity contribution in [3.8, 4) is 147 Å². The monoisotopic (exact) mass is 1660 g/mol. The van der Waals surface area contributed by atoms with Crippen LogP contribution in [0, 0.1) is 0 Å². The first-order valence-corrected chi connectivity index (χ1v) is 43.9. The standard InChI is InChI=1S/C63H41N5.C57H37N5/c1-5-17-42(18-6-1)49-37-50(43-19-7-2-8-20-43)39-52(38-49)68-58-28-16-14-26-54(58)56-41-48(32-36-60(56)68)47-31-35-59-55(40-47)53-25-13-15-27-57(53)67(59)51-33-29-46(30-34-51)63-65-61(44-21-9-3-10-22-44)64-62(66-63)45-23-11-4-12-24-45;1-4-15-38(16-5-1)42-21-14-22-46(35-42)62-52-26-13-11-24-48(52)50-37-44(30-34-54(50)62)43-29-33-53-49(36-43)47-23-10-12-25-51(47)61(53)45-31-27-41(28-32-45)57-59-55(39-17-6-2-7-18-39)58-56(60-57)40-19-8-3-9-20-40/h1-41H;1-37H. The van der Waals surface area contributed by atoms with E-state index in [1.807, 2.05) is 121 Å². The normalized spacial score (nSPS) is 11.5. The number of hydrogen-bond acceptors (Lipinski definition) is 6. The van der Waals surface area contributed by atoms with Crippen LogP contribution >= 0.6 is 0 Å². The summed E-state index contributed by atoms with van der Waals surface area (Å²) in [4.78, 5) is 29.7. The van der Waals surface area contributed by atoms with Crippen LogP contribution in [0.4, 0.5) is 0 Å². The molecule has 0 spiro atoms. The van der Waals surface area contributed by atoms with Crippen molar-refractivity contribution in [3.05, 3.63) is 473 Å². The van der Waals surface area contributed by atoms with Crippen molar-refractivity contribution in [2.24, 2.45) is 0 Å². The van der Waals surface area contributed by atoms with Crippen LogP contribution in [0.2, 0.25) is 0 Å². The summed E-state index contributed by atoms with van der Waals surface area (Å²) in [5, 5.41) is 9.74. The Morgan fingerprint density at radius 3 is 0.600 bits per heavy atom. The molecule has 25 aromatic rings. The molecule has 608 valence electrons. The molecule has 0 aliphatic rings. The van der Waals surface area contributed by atoms with E-state index in [1.165, 1.54) is 121 Å². The molecule has 0 atom stereocenters. The lowest BCUT2D eigenvalue weighted by molar-refractivity contribution is 1.07. The summed E-state index contributed by atoms with van der Waals surface area (Å²) >= 11 is 0. The van der Waals surface area contributed by atoms with E-state index in [0.717, 1.165) is 78.2 Å². The Labute approximate surface area is 750 Å². The third-order valence-electron chi connectivity index (χ3n) is 25.1. The molecule has 0 saturated heterocycles. The molecule has 0 aliphatic heterocycles. The van der Waals surface area contributed by atoms with Crippen molar-refractivity contribution in [3.63, 3.8) is 0 Å². The van der Waals surface area contributed by atoms with Gasteiger partial charge < -0.3 is 18.3 Å². The van der Waals surface area contributed by atoms with E-state index >= 15 is 0 Å². The average Bonchev–Trinajstić information content (AvgIpc) is 1.58. The molecule has 0 amide bonds. The van der Waals surface area contributed by atoms with Crippen LogP contribution in [0.3, 0.4) is 0 Å². The zero-order chi connectivity index (χ0) is 86.0. The van der Waals surface area contributed by atoms with Gasteiger partial charge in [0.15, 0.2) is 34.9 Å². The third kappa shape index (κ3) is 13.9. The summed E-state index contributed by atoms with van der Waals surface area (Å²) in [6.07, 6.45) is 0. The smallest absolute Gasteiger partial charge is 0.164 e. The second-order valence-electron chi connectivity index (χ2n) is 32.9. The molecule has 6 aromatic heterocycles. The fourth-order valence-electron chi connectivity index (χ4n) is 18.9. The third-order valence-corrected chi connectivity index (χ3v) is 25.1. The second kappa shape index (κ2) is 32.5. The maximum atomic E-state index is 4.98. The Kier molecular flexibility index (Phi) is 19.0. The topological polar surface area (TPSA) is 97.1 Å². The maximum Gasteiger partial charge on any atom is 0.164 e. The minimum atomic E-state index is 0.633. The van der Waals surface area contributed by atoms with Crippen LogP contribution in [0.25, 0.3) is 234 Å². The van der Waals surface area contributed by atoms with E-state index in [0.29, 0.717) is 34.9 Å². The molecule has 10 heteroatoms. The number of benzene rings is 19. The predicted molar refractivity (Wildman–Crippen MR) is 537 cm³/mol. The van der Waals surface area contributed by atoms with Crippen LogP contribution in [-0.4, -0.2) is 48.2 Å². The number of aromatic nitrogens is 10. The summed E-state index contributed by atoms with van der Waals surface area (Å²) in [6, 6.07) is 168. The van der Waals surface area contributed by atoms with Gasteiger partial charge in [-0.15, -0.1) is 0 Å². The van der Waals surface area contributed by atoms with E-state index in [9.17, 15) is 0 Å². The molecule has 19 aromatic carbocycles. The molecule has 0 saturated carbocycles. The van der Waals surface area contributed by atoms with Gasteiger partial charge >= 0.3 is 0 Å². The second-order valence-corrected chi connectivity index (χ2v) is 32.9. The molecule has 0 N–H and O–H groups in total. The van der Waals surface area contributed by atoms with Crippen molar-refractivity contribution >= 4 is 87.2 Å². The van der Waals surface area contributed by atoms with Gasteiger partial charge in [0.1, 0.15) is 0 Å². The predicted octanol–water partition coefficient (Wildman–Crippen LogP) is 30.5. The molecule has 0 bridgehead atoms. The quantitative estimate of drug-likeness (QED) is 0.101. The number of fused-ring (bicyclic) bond motifs is 12. The van der Waals surface area contributed by atoms with Gasteiger partial charge in [-0.25, -0.2) is 29.9 Å². The highest BCUT2D eigenvalue weighted by Gasteiger charge is 2.23. The molecule has 0 fully saturated rings. The van der Waals surface area contributed by atoms with Crippen molar-refractivity contribution in [1.29, 1.82) is 0 Å². The summed E-state index contributed by atoms with van der Waals surface area (Å²) < 4.78 is 9.55. The van der Waals surface area contributed by atoms with Gasteiger partial charge in [-0.1, -0.05) is 322 Å². The molecule has 130 heavy (non-hydrogen) atoms. The molecule has 0 unspecified atom stereocenters. The Morgan fingerprint density at radius 2 is 0.308 bits per heavy atom. The highest BCUT2D eigenvalue weighted by atomic mass is 15.1. The Morgan fingerprint density at radius 1 is 0.108 bits per heavy atom. The van der Waals surface area contributed by atoms with Gasteiger partial charge in [-0.2, -0.15) is 0 Å². The molecular formula is C120H78N10. The Hall–Kier alpha value is -17.6. The summed E-state index contributed by atoms with van der Waals surface area (Å²) in [6.45, 7) is 0. The maximum absolute atomic E-state index is 4.98. The number of hydrogen-bond donors (Lipinski definition) is 0. The van der Waals surface area contributed by atoms with E-state index < -0.39 is 0 Å². The van der Waals surface area contributed by atoms with Gasteiger partial charge in [0.25, 0.3) is 0 Å². The van der Waals surface area contributed by atoms with Crippen LogP contribution in [-0.2, 0) is 0 Å². The summed E-state index contributed by atoms with van der Waals surface area (Å²) in [7, 11) is 0. The molecule has 0 radical (unpaired) electrons. The lowest BCUT2D eigenvalue weighted by Crippen LogP contribution is -2.00. The van der Waals surface area contributed by atoms with Crippen LogP contribution in [0.15, 0.2) is 473 Å². The summed E-state index contributed by atoms with van der Waals surface area (Å²) in [5.74, 6) is 3.86. The zero-order valence-electron chi connectivity index (χ0n) is 70.5. The first-order valence-electron chi connectivity index (χ1n) is 43.9. The first-order chi connectivity index (χ1) is 64.4. The molecule has 6 heterocycles. The fraction of sp³-hybridized carbons (Fsp3) is 0. The van der Waals surface area contributed by atoms with Gasteiger partial charge in [-0.05, 0) is 207 Å². The zero-order valence-corrected chi connectivity index (χ0v) is 70.5. The van der Waals surface area contributed by atoms with Gasteiger partial charge in [0.2, 0.25) is 0 Å². The molecule has 25 rings (SSSR count). The van der Waals surface area contributed by atoms with Gasteiger partial charge in [-0.3, -0.25) is 0 Å². The van der Waals surface area contributed by atoms with Crippen LogP contribution in [0.5, 0.6) is 0 Å². The molecule has 0 aliphatic carbocycles. The van der Waals surface area contributed by atoms with Crippen LogP contribution < -0.4 is 0 Å². The van der Waals surface area contributed by atoms with Gasteiger partial charge in [0.05, 0.1) is 44.1 Å². The average molecular weight is 1660 g/mol. The highest BCUT2D eigenvalue weighted by molar-refractivity contribution is 6.15. The fourth-order valence-corrected chi connectivity index (χ4v) is 18.9. The lowest BCUT2D eigenvalue weighted by atomic mass is 9.98. The molecule has 10 nitrogen and oxygen atoms in total. The van der Waals surface area contributed by atoms with E-state index in [2.05, 4.69) is 370 Å². The van der Waals surface area contributed by atoms with Crippen molar-refractivity contribution in [2.45, 2.75) is 0 Å². The minimum absolute atomic E-state index is 0.633. The summed E-state index contributed by atoms with van der Waals surface area (Å²) in [5.41, 5.74) is 31.3. The van der Waals surface area contributed by atoms with E-state index in [4.69, 9.17) is 29.9 Å². The number of para-hydroxylation sites is 4. The highest BCUT2D eigenvalue weighted by Crippen LogP contribution is 2.44. The lowest BCUT2D eigenvalue weighted by Gasteiger charge is -2.14. The van der Waals surface area contributed by atoms with Crippen molar-refractivity contribution in [2.75, 3.05) is 0 Å². The van der Waals surface area contributed by atoms with E-state index in [1.54, 1.807) is 0 Å². The Balaban J connectivity index is 0.000000145. The number of rotatable bonds is 15. The first kappa shape index (κ1) is 76.1. The Bertz CT molecular complexity index is 8430. The van der Waals surface area contributed by atoms with Crippen molar-refractivity contribution < 1.29 is 0 Å². The minimum Gasteiger partial charge on any atom is -0.309 e. The van der Waals surface area contributed by atoms with Crippen molar-refractivity contribution in [1.82, 2.24) is 48.2 Å². The van der Waals surface area contributed by atoms with Gasteiger partial charge in [0, 0.05) is 99.2 Å².